The Kier molecular flexibility index (Phi) is 6.58. The highest BCUT2D eigenvalue weighted by atomic mass is 35.5. The minimum atomic E-state index is -0.356. The summed E-state index contributed by atoms with van der Waals surface area (Å²) >= 11 is 6.20. The van der Waals surface area contributed by atoms with Crippen molar-refractivity contribution in [2.45, 2.75) is 32.8 Å². The summed E-state index contributed by atoms with van der Waals surface area (Å²) in [6.45, 7) is 5.41. The summed E-state index contributed by atoms with van der Waals surface area (Å²) in [6, 6.07) is 6.87. The molecule has 1 fully saturated rings. The van der Waals surface area contributed by atoms with Gasteiger partial charge in [0, 0.05) is 67.6 Å². The fourth-order valence-corrected chi connectivity index (χ4v) is 4.34. The van der Waals surface area contributed by atoms with E-state index in [9.17, 15) is 9.18 Å². The Morgan fingerprint density at radius 2 is 2.22 bits per heavy atom. The monoisotopic (exact) mass is 456 g/mol. The van der Waals surface area contributed by atoms with Crippen molar-refractivity contribution >= 4 is 29.4 Å². The zero-order chi connectivity index (χ0) is 22.8. The van der Waals surface area contributed by atoms with Crippen LogP contribution in [0.25, 0.3) is 16.9 Å². The molecule has 3 aromatic rings. The van der Waals surface area contributed by atoms with Gasteiger partial charge in [-0.15, -0.1) is 0 Å². The number of aryl methyl sites for hydroxylation is 1. The average molecular weight is 457 g/mol. The van der Waals surface area contributed by atoms with Crippen LogP contribution in [0.15, 0.2) is 35.5 Å². The number of carbonyl (C=O) groups is 1. The van der Waals surface area contributed by atoms with Gasteiger partial charge in [0.1, 0.15) is 11.5 Å². The predicted octanol–water partition coefficient (Wildman–Crippen LogP) is 4.33. The van der Waals surface area contributed by atoms with E-state index >= 15 is 0 Å². The normalized spacial score (nSPS) is 16.9. The molecule has 1 saturated heterocycles. The molecule has 0 saturated carbocycles. The molecule has 1 atom stereocenters. The van der Waals surface area contributed by atoms with E-state index < -0.39 is 0 Å². The van der Waals surface area contributed by atoms with Crippen molar-refractivity contribution < 1.29 is 13.9 Å². The molecule has 0 N–H and O–H groups in total. The molecule has 32 heavy (non-hydrogen) atoms. The van der Waals surface area contributed by atoms with Crippen LogP contribution in [0.4, 0.5) is 4.39 Å². The number of hydrogen-bond donors (Lipinski definition) is 0. The molecular formula is C24H26ClFN4O2. The van der Waals surface area contributed by atoms with Crippen LogP contribution in [0.5, 0.6) is 0 Å². The van der Waals surface area contributed by atoms with Gasteiger partial charge in [-0.3, -0.25) is 9.79 Å². The molecule has 1 amide bonds. The number of halogens is 2. The molecule has 1 aromatic carbocycles. The van der Waals surface area contributed by atoms with E-state index in [0.717, 1.165) is 11.3 Å². The lowest BCUT2D eigenvalue weighted by Crippen LogP contribution is -2.46. The van der Waals surface area contributed by atoms with Crippen LogP contribution >= 0.6 is 11.6 Å². The molecule has 0 radical (unpaired) electrons. The number of fused-ring (bicyclic) bond motifs is 1. The number of rotatable bonds is 5. The third-order valence-electron chi connectivity index (χ3n) is 5.77. The Labute approximate surface area is 191 Å². The summed E-state index contributed by atoms with van der Waals surface area (Å²) in [5.74, 6) is -0.236. The molecule has 6 nitrogen and oxygen atoms in total. The Morgan fingerprint density at radius 1 is 1.41 bits per heavy atom. The molecular weight excluding hydrogens is 431 g/mol. The maximum Gasteiger partial charge on any atom is 0.222 e. The van der Waals surface area contributed by atoms with Gasteiger partial charge in [-0.25, -0.2) is 9.37 Å². The quantitative estimate of drug-likeness (QED) is 0.537. The van der Waals surface area contributed by atoms with Crippen LogP contribution in [-0.4, -0.2) is 59.3 Å². The third-order valence-corrected chi connectivity index (χ3v) is 6.00. The summed E-state index contributed by atoms with van der Waals surface area (Å²) in [5.41, 5.74) is 4.30. The number of pyridine rings is 1. The van der Waals surface area contributed by atoms with Crippen LogP contribution in [0.2, 0.25) is 5.02 Å². The summed E-state index contributed by atoms with van der Waals surface area (Å²) in [6.07, 6.45) is 4.20. The van der Waals surface area contributed by atoms with Crippen LogP contribution in [0.3, 0.4) is 0 Å². The van der Waals surface area contributed by atoms with Crippen molar-refractivity contribution in [1.82, 2.24) is 14.3 Å². The van der Waals surface area contributed by atoms with Gasteiger partial charge in [0.15, 0.2) is 0 Å². The second-order valence-electron chi connectivity index (χ2n) is 7.95. The summed E-state index contributed by atoms with van der Waals surface area (Å²) in [4.78, 5) is 22.8. The first-order chi connectivity index (χ1) is 15.4. The minimum Gasteiger partial charge on any atom is -0.374 e. The van der Waals surface area contributed by atoms with Gasteiger partial charge in [0.2, 0.25) is 5.91 Å². The predicted molar refractivity (Wildman–Crippen MR) is 124 cm³/mol. The average Bonchev–Trinajstić information content (AvgIpc) is 3.12. The van der Waals surface area contributed by atoms with E-state index in [1.807, 2.05) is 29.3 Å². The van der Waals surface area contributed by atoms with E-state index in [1.54, 1.807) is 25.2 Å². The SMILES string of the molecule is CCC(=O)N1CCO[C@@H](Cc2c(-c3cc(F)c(C=NC)cc3C)nc3cc(Cl)ccn23)C1. The van der Waals surface area contributed by atoms with Gasteiger partial charge >= 0.3 is 0 Å². The van der Waals surface area contributed by atoms with E-state index in [4.69, 9.17) is 21.3 Å². The third kappa shape index (κ3) is 4.40. The highest BCUT2D eigenvalue weighted by Gasteiger charge is 2.27. The van der Waals surface area contributed by atoms with E-state index in [1.165, 1.54) is 12.3 Å². The van der Waals surface area contributed by atoms with E-state index in [-0.39, 0.29) is 17.8 Å². The molecule has 3 heterocycles. The number of carbonyl (C=O) groups excluding carboxylic acids is 1. The number of imidazole rings is 1. The number of amides is 1. The summed E-state index contributed by atoms with van der Waals surface area (Å²) in [5, 5.41) is 0.576. The molecule has 8 heteroatoms. The van der Waals surface area contributed by atoms with Gasteiger partial charge in [-0.2, -0.15) is 0 Å². The van der Waals surface area contributed by atoms with Crippen LogP contribution in [-0.2, 0) is 16.0 Å². The van der Waals surface area contributed by atoms with E-state index in [0.29, 0.717) is 60.0 Å². The first kappa shape index (κ1) is 22.4. The summed E-state index contributed by atoms with van der Waals surface area (Å²) < 4.78 is 22.7. The molecule has 4 rings (SSSR count). The number of aliphatic imine (C=N–C) groups is 1. The van der Waals surface area contributed by atoms with Gasteiger partial charge in [0.05, 0.1) is 24.1 Å². The van der Waals surface area contributed by atoms with Crippen molar-refractivity contribution in [3.63, 3.8) is 0 Å². The van der Waals surface area contributed by atoms with Crippen LogP contribution < -0.4 is 0 Å². The first-order valence-corrected chi connectivity index (χ1v) is 11.1. The minimum absolute atomic E-state index is 0.120. The number of hydrogen-bond acceptors (Lipinski definition) is 4. The van der Waals surface area contributed by atoms with E-state index in [2.05, 4.69) is 4.99 Å². The second-order valence-corrected chi connectivity index (χ2v) is 8.38. The molecule has 0 aliphatic carbocycles. The van der Waals surface area contributed by atoms with Gasteiger partial charge in [-0.1, -0.05) is 18.5 Å². The fraction of sp³-hybridized carbons (Fsp3) is 0.375. The van der Waals surface area contributed by atoms with Crippen molar-refractivity contribution in [3.8, 4) is 11.3 Å². The Bertz CT molecular complexity index is 1190. The fourth-order valence-electron chi connectivity index (χ4n) is 4.19. The van der Waals surface area contributed by atoms with Crippen molar-refractivity contribution in [3.05, 3.63) is 58.1 Å². The number of benzene rings is 1. The zero-order valence-corrected chi connectivity index (χ0v) is 19.2. The largest absolute Gasteiger partial charge is 0.374 e. The molecule has 2 aromatic heterocycles. The highest BCUT2D eigenvalue weighted by Crippen LogP contribution is 2.31. The lowest BCUT2D eigenvalue weighted by molar-refractivity contribution is -0.138. The smallest absolute Gasteiger partial charge is 0.222 e. The number of morpholine rings is 1. The molecule has 1 aliphatic heterocycles. The lowest BCUT2D eigenvalue weighted by Gasteiger charge is -2.33. The summed E-state index contributed by atoms with van der Waals surface area (Å²) in [7, 11) is 1.61. The van der Waals surface area contributed by atoms with Crippen molar-refractivity contribution in [1.29, 1.82) is 0 Å². The van der Waals surface area contributed by atoms with Crippen LogP contribution in [0, 0.1) is 12.7 Å². The zero-order valence-electron chi connectivity index (χ0n) is 18.4. The van der Waals surface area contributed by atoms with Crippen LogP contribution in [0.1, 0.15) is 30.2 Å². The Morgan fingerprint density at radius 3 is 2.97 bits per heavy atom. The molecule has 0 spiro atoms. The van der Waals surface area contributed by atoms with Crippen molar-refractivity contribution in [2.75, 3.05) is 26.7 Å². The number of nitrogens with zero attached hydrogens (tertiary/aromatic N) is 4. The topological polar surface area (TPSA) is 59.2 Å². The Hall–Kier alpha value is -2.77. The molecule has 0 bridgehead atoms. The maximum absolute atomic E-state index is 14.8. The second kappa shape index (κ2) is 9.38. The van der Waals surface area contributed by atoms with Crippen molar-refractivity contribution in [2.24, 2.45) is 4.99 Å². The Balaban J connectivity index is 1.78. The van der Waals surface area contributed by atoms with Gasteiger partial charge in [-0.05, 0) is 30.7 Å². The maximum atomic E-state index is 14.8. The molecule has 0 unspecified atom stereocenters. The lowest BCUT2D eigenvalue weighted by atomic mass is 9.99. The molecule has 1 aliphatic rings. The van der Waals surface area contributed by atoms with Gasteiger partial charge in [0.25, 0.3) is 0 Å². The van der Waals surface area contributed by atoms with Gasteiger partial charge < -0.3 is 14.0 Å². The highest BCUT2D eigenvalue weighted by molar-refractivity contribution is 6.30. The standard InChI is InChI=1S/C24H26ClFN4O2/c1-4-23(31)29-7-8-32-18(14-29)11-21-24(28-22-10-17(25)5-6-30(21)22)19-12-20(26)16(13-27-3)9-15(19)2/h5-6,9-10,12-13,18H,4,7-8,11,14H2,1-3H3/t18-/m0/s1. The number of ether oxygens (including phenoxy) is 1. The molecule has 168 valence electrons. The number of aromatic nitrogens is 2. The first-order valence-electron chi connectivity index (χ1n) is 10.7.